The van der Waals surface area contributed by atoms with E-state index in [2.05, 4.69) is 42.7 Å². The molecule has 0 radical (unpaired) electrons. The first kappa shape index (κ1) is 33.7. The number of piperidine rings is 1. The van der Waals surface area contributed by atoms with Crippen LogP contribution in [0.15, 0.2) is 84.5 Å². The number of nitrogens with zero attached hydrogens (tertiary/aromatic N) is 3. The highest BCUT2D eigenvalue weighted by atomic mass is 16.5. The summed E-state index contributed by atoms with van der Waals surface area (Å²) in [4.78, 5) is 14.2. The first-order chi connectivity index (χ1) is 21.2. The van der Waals surface area contributed by atoms with E-state index in [1.54, 1.807) is 20.8 Å². The van der Waals surface area contributed by atoms with Crippen LogP contribution in [0.5, 0.6) is 5.75 Å². The fourth-order valence-electron chi connectivity index (χ4n) is 5.39. The monoisotopic (exact) mass is 613 g/mol. The summed E-state index contributed by atoms with van der Waals surface area (Å²) in [5.74, 6) is 0.707. The van der Waals surface area contributed by atoms with Gasteiger partial charge in [0.15, 0.2) is 0 Å². The van der Waals surface area contributed by atoms with Crippen molar-refractivity contribution in [3.05, 3.63) is 90.2 Å². The number of hydrogen-bond acceptors (Lipinski definition) is 6. The van der Waals surface area contributed by atoms with Gasteiger partial charge in [0.2, 0.25) is 0 Å². The number of aromatic nitrogens is 2. The van der Waals surface area contributed by atoms with Gasteiger partial charge in [0, 0.05) is 35.5 Å². The largest absolute Gasteiger partial charge is 0.489 e. The fraction of sp³-hybridized carbons (Fsp3) is 0.405. The molecule has 240 valence electrons. The maximum Gasteiger partial charge on any atom is 0.307 e. The fourth-order valence-corrected chi connectivity index (χ4v) is 5.39. The van der Waals surface area contributed by atoms with Crippen molar-refractivity contribution in [1.82, 2.24) is 14.7 Å². The average molecular weight is 614 g/mol. The van der Waals surface area contributed by atoms with Crippen molar-refractivity contribution in [2.24, 2.45) is 0 Å². The number of carboxylic acid groups (broad SMARTS) is 1. The summed E-state index contributed by atoms with van der Waals surface area (Å²) in [6.07, 6.45) is 5.50. The lowest BCUT2D eigenvalue weighted by Gasteiger charge is -2.41. The molecular formula is C37H47N3O5. The highest BCUT2D eigenvalue weighted by Crippen LogP contribution is 2.36. The van der Waals surface area contributed by atoms with Gasteiger partial charge in [-0.15, -0.1) is 0 Å². The third kappa shape index (κ3) is 9.19. The molecule has 0 unspecified atom stereocenters. The molecule has 6 rings (SSSR count). The Bertz CT molecular complexity index is 1560. The number of allylic oxidation sites excluding steroid dienone is 1. The number of ether oxygens (including phenoxy) is 2. The van der Waals surface area contributed by atoms with Crippen molar-refractivity contribution in [2.45, 2.75) is 72.0 Å². The molecule has 2 N–H and O–H groups in total. The van der Waals surface area contributed by atoms with Gasteiger partial charge in [-0.05, 0) is 84.2 Å². The van der Waals surface area contributed by atoms with E-state index in [9.17, 15) is 9.90 Å². The zero-order valence-corrected chi connectivity index (χ0v) is 27.5. The molecule has 0 amide bonds. The van der Waals surface area contributed by atoms with Gasteiger partial charge >= 0.3 is 5.97 Å². The van der Waals surface area contributed by atoms with Crippen molar-refractivity contribution < 1.29 is 24.5 Å². The molecule has 2 aromatic carbocycles. The average Bonchev–Trinajstić information content (AvgIpc) is 3.35. The highest BCUT2D eigenvalue weighted by Gasteiger charge is 2.33. The van der Waals surface area contributed by atoms with Crippen LogP contribution in [-0.4, -0.2) is 68.4 Å². The van der Waals surface area contributed by atoms with Gasteiger partial charge in [0.1, 0.15) is 18.2 Å². The molecule has 6 bridgehead atoms. The number of aliphatic carboxylic acids is 1. The number of aliphatic hydroxyl groups is 1. The lowest BCUT2D eigenvalue weighted by molar-refractivity contribution is -0.136. The lowest BCUT2D eigenvalue weighted by atomic mass is 9.92. The number of rotatable bonds is 3. The van der Waals surface area contributed by atoms with E-state index in [4.69, 9.17) is 19.7 Å². The molecule has 0 saturated carbocycles. The summed E-state index contributed by atoms with van der Waals surface area (Å²) in [6, 6.07) is 18.4. The van der Waals surface area contributed by atoms with E-state index in [1.165, 1.54) is 0 Å². The molecule has 8 nitrogen and oxygen atoms in total. The number of aryl methyl sites for hydroxylation is 1. The maximum absolute atomic E-state index is 11.9. The second-order valence-corrected chi connectivity index (χ2v) is 13.0. The van der Waals surface area contributed by atoms with E-state index in [0.29, 0.717) is 31.9 Å². The first-order valence-electron chi connectivity index (χ1n) is 15.5. The maximum atomic E-state index is 11.9. The van der Waals surface area contributed by atoms with Crippen LogP contribution in [0, 0.1) is 6.92 Å². The van der Waals surface area contributed by atoms with Crippen molar-refractivity contribution >= 4 is 11.8 Å². The van der Waals surface area contributed by atoms with Gasteiger partial charge in [-0.25, -0.2) is 4.68 Å². The minimum atomic E-state index is -0.892. The molecule has 0 spiro atoms. The van der Waals surface area contributed by atoms with E-state index < -0.39 is 11.6 Å². The van der Waals surface area contributed by atoms with Crippen molar-refractivity contribution in [1.29, 1.82) is 0 Å². The van der Waals surface area contributed by atoms with Gasteiger partial charge in [-0.2, -0.15) is 5.10 Å². The molecule has 1 saturated heterocycles. The van der Waals surface area contributed by atoms with Crippen molar-refractivity contribution in [2.75, 3.05) is 26.3 Å². The van der Waals surface area contributed by atoms with Crippen LogP contribution >= 0.6 is 0 Å². The molecule has 3 aliphatic heterocycles. The highest BCUT2D eigenvalue weighted by molar-refractivity contribution is 5.77. The Kier molecular flexibility index (Phi) is 10.7. The third-order valence-corrected chi connectivity index (χ3v) is 7.71. The van der Waals surface area contributed by atoms with Crippen LogP contribution in [0.25, 0.3) is 28.2 Å². The van der Waals surface area contributed by atoms with Crippen molar-refractivity contribution in [3.8, 4) is 28.1 Å². The lowest BCUT2D eigenvalue weighted by Crippen LogP contribution is -2.44. The summed E-state index contributed by atoms with van der Waals surface area (Å²) < 4.78 is 14.4. The van der Waals surface area contributed by atoms with Gasteiger partial charge in [-0.3, -0.25) is 4.79 Å². The molecule has 3 aromatic rings. The predicted molar refractivity (Wildman–Crippen MR) is 180 cm³/mol. The SMILES string of the molecule is C=C(C)/C(CC(=O)O)=C1/N2CCC(C)(CC2)OC/C=C/COc2ccccc2-c2cccc(c2)-c2cc(C)n1n2.CC(C)(C)O. The zero-order valence-electron chi connectivity index (χ0n) is 27.5. The molecule has 0 atom stereocenters. The smallest absolute Gasteiger partial charge is 0.307 e. The Labute approximate surface area is 267 Å². The number of fused-ring (bicyclic) bond motifs is 6. The summed E-state index contributed by atoms with van der Waals surface area (Å²) in [6.45, 7) is 17.8. The normalized spacial score (nSPS) is 18.2. The number of carbonyl (C=O) groups is 1. The number of para-hydroxylation sites is 1. The molecule has 1 fully saturated rings. The number of carboxylic acids is 1. The van der Waals surface area contributed by atoms with E-state index in [1.807, 2.05) is 61.0 Å². The molecule has 3 aliphatic rings. The predicted octanol–water partition coefficient (Wildman–Crippen LogP) is 7.34. The number of benzene rings is 2. The Morgan fingerprint density at radius 1 is 1.02 bits per heavy atom. The molecule has 8 heteroatoms. The minimum absolute atomic E-state index is 0.124. The van der Waals surface area contributed by atoms with Gasteiger partial charge in [0.25, 0.3) is 0 Å². The summed E-state index contributed by atoms with van der Waals surface area (Å²) in [5, 5.41) is 23.4. The minimum Gasteiger partial charge on any atom is -0.489 e. The van der Waals surface area contributed by atoms with Gasteiger partial charge < -0.3 is 24.6 Å². The Balaban J connectivity index is 0.000000854. The van der Waals surface area contributed by atoms with Gasteiger partial charge in [0.05, 0.1) is 29.9 Å². The Hall–Kier alpha value is -4.14. The molecule has 1 aromatic heterocycles. The molecule has 4 heterocycles. The quantitative estimate of drug-likeness (QED) is 0.298. The van der Waals surface area contributed by atoms with Crippen molar-refractivity contribution in [3.63, 3.8) is 0 Å². The second-order valence-electron chi connectivity index (χ2n) is 13.0. The zero-order chi connectivity index (χ0) is 32.8. The van der Waals surface area contributed by atoms with Crippen LogP contribution in [-0.2, 0) is 9.53 Å². The van der Waals surface area contributed by atoms with Gasteiger partial charge in [-0.1, -0.05) is 54.6 Å². The summed E-state index contributed by atoms with van der Waals surface area (Å²) in [5.41, 5.74) is 5.38. The van der Waals surface area contributed by atoms with E-state index in [-0.39, 0.29) is 12.0 Å². The molecular weight excluding hydrogens is 566 g/mol. The van der Waals surface area contributed by atoms with Crippen LogP contribution in [0.3, 0.4) is 0 Å². The topological polar surface area (TPSA) is 97.0 Å². The summed E-state index contributed by atoms with van der Waals surface area (Å²) >= 11 is 0. The first-order valence-corrected chi connectivity index (χ1v) is 15.5. The summed E-state index contributed by atoms with van der Waals surface area (Å²) in [7, 11) is 0. The molecule has 45 heavy (non-hydrogen) atoms. The van der Waals surface area contributed by atoms with Crippen LogP contribution < -0.4 is 4.74 Å². The Morgan fingerprint density at radius 2 is 1.67 bits per heavy atom. The van der Waals surface area contributed by atoms with Crippen LogP contribution in [0.2, 0.25) is 0 Å². The van der Waals surface area contributed by atoms with E-state index in [0.717, 1.165) is 58.1 Å². The van der Waals surface area contributed by atoms with E-state index >= 15 is 0 Å². The number of hydrogen-bond donors (Lipinski definition) is 2. The second kappa shape index (κ2) is 14.3. The standard InChI is InChI=1S/C33H37N3O4.C4H10O/c1-23(2)28(22-31(37)38)32-35-16-14-33(4,15-17-35)40-19-8-7-18-39-30-13-6-5-12-27(30)25-10-9-11-26(21-25)29-20-24(3)36(32)34-29;1-4(2,3)5/h5-13,20-21H,1,14-19,22H2,2-4H3,(H,37,38);5H,1-3H3/b8-7+,32-28-;. The van der Waals surface area contributed by atoms with Crippen LogP contribution in [0.1, 0.15) is 59.6 Å². The Morgan fingerprint density at radius 3 is 2.33 bits per heavy atom. The molecule has 0 aliphatic carbocycles. The van der Waals surface area contributed by atoms with Crippen LogP contribution in [0.4, 0.5) is 0 Å². The third-order valence-electron chi connectivity index (χ3n) is 7.71.